The molecule has 24 heavy (non-hydrogen) atoms. The van der Waals surface area contributed by atoms with Gasteiger partial charge in [0.25, 0.3) is 0 Å². The van der Waals surface area contributed by atoms with E-state index in [1.165, 1.54) is 31.6 Å². The number of rotatable bonds is 5. The first kappa shape index (κ1) is 21.5. The Morgan fingerprint density at radius 3 is 2.42 bits per heavy atom. The fourth-order valence-corrected chi connectivity index (χ4v) is 1.48. The van der Waals surface area contributed by atoms with Gasteiger partial charge in [-0.2, -0.15) is 13.2 Å². The molecule has 0 amide bonds. The Morgan fingerprint density at radius 2 is 1.88 bits per heavy atom. The summed E-state index contributed by atoms with van der Waals surface area (Å²) in [6.07, 6.45) is 2.04. The van der Waals surface area contributed by atoms with Gasteiger partial charge in [-0.3, -0.25) is 0 Å². The molecule has 0 aromatic heterocycles. The average Bonchev–Trinajstić information content (AvgIpc) is 2.52. The lowest BCUT2D eigenvalue weighted by atomic mass is 10.2. The van der Waals surface area contributed by atoms with Crippen LogP contribution in [0.5, 0.6) is 0 Å². The number of hydrogen-bond donors (Lipinski definition) is 1. The highest BCUT2D eigenvalue weighted by atomic mass is 19.4. The van der Waals surface area contributed by atoms with E-state index in [0.29, 0.717) is 5.69 Å². The standard InChI is InChI=1S/C16H17F3N2O.C2H6/c1-12-6-5-8-13(10-12)21-14(7-3-4-9-22-2)11-15(20)16(17,18)19;1-2/h3-11H,20H2,1-2H3;1-2H3/b7-3+,9-4-,15-11-,21-14?;. The maximum Gasteiger partial charge on any atom is 0.430 e. The number of ether oxygens (including phenoxy) is 1. The molecule has 0 unspecified atom stereocenters. The van der Waals surface area contributed by atoms with Crippen LogP contribution in [-0.2, 0) is 4.74 Å². The summed E-state index contributed by atoms with van der Waals surface area (Å²) >= 11 is 0. The van der Waals surface area contributed by atoms with Crippen molar-refractivity contribution in [3.8, 4) is 0 Å². The van der Waals surface area contributed by atoms with Crippen molar-refractivity contribution in [3.63, 3.8) is 0 Å². The molecule has 3 nitrogen and oxygen atoms in total. The van der Waals surface area contributed by atoms with Gasteiger partial charge in [-0.1, -0.05) is 32.1 Å². The van der Waals surface area contributed by atoms with Crippen molar-refractivity contribution in [2.75, 3.05) is 7.11 Å². The average molecular weight is 340 g/mol. The van der Waals surface area contributed by atoms with Gasteiger partial charge in [0.05, 0.1) is 24.8 Å². The summed E-state index contributed by atoms with van der Waals surface area (Å²) in [5, 5.41) is 0. The van der Waals surface area contributed by atoms with Crippen LogP contribution in [0, 0.1) is 6.92 Å². The fraction of sp³-hybridized carbons (Fsp3) is 0.278. The van der Waals surface area contributed by atoms with Crippen molar-refractivity contribution in [1.82, 2.24) is 0 Å². The van der Waals surface area contributed by atoms with Crippen LogP contribution in [0.4, 0.5) is 18.9 Å². The van der Waals surface area contributed by atoms with Crippen molar-refractivity contribution in [2.24, 2.45) is 10.7 Å². The van der Waals surface area contributed by atoms with Crippen LogP contribution in [-0.4, -0.2) is 19.0 Å². The number of halogens is 3. The van der Waals surface area contributed by atoms with Crippen LogP contribution in [0.2, 0.25) is 0 Å². The molecule has 0 aliphatic carbocycles. The highest BCUT2D eigenvalue weighted by molar-refractivity contribution is 6.06. The predicted octanol–water partition coefficient (Wildman–Crippen LogP) is 5.21. The SMILES string of the molecule is CC.CO/C=C\C=C\C(/C=C(\N)C(F)(F)F)=Nc1cccc(C)c1. The number of nitrogens with zero attached hydrogens (tertiary/aromatic N) is 1. The molecule has 0 spiro atoms. The monoisotopic (exact) mass is 340 g/mol. The zero-order valence-electron chi connectivity index (χ0n) is 14.3. The molecule has 2 N–H and O–H groups in total. The Morgan fingerprint density at radius 1 is 1.21 bits per heavy atom. The smallest absolute Gasteiger partial charge is 0.430 e. The lowest BCUT2D eigenvalue weighted by Crippen LogP contribution is -2.20. The van der Waals surface area contributed by atoms with Gasteiger partial charge in [-0.05, 0) is 42.8 Å². The second-order valence-electron chi connectivity index (χ2n) is 4.40. The molecule has 0 aliphatic heterocycles. The maximum absolute atomic E-state index is 12.5. The Kier molecular flexibility index (Phi) is 9.94. The third kappa shape index (κ3) is 8.82. The Hall–Kier alpha value is -2.50. The van der Waals surface area contributed by atoms with Crippen molar-refractivity contribution in [2.45, 2.75) is 26.9 Å². The third-order valence-corrected chi connectivity index (χ3v) is 2.48. The molecule has 1 rings (SSSR count). The van der Waals surface area contributed by atoms with Crippen LogP contribution >= 0.6 is 0 Å². The fourth-order valence-electron chi connectivity index (χ4n) is 1.48. The lowest BCUT2D eigenvalue weighted by molar-refractivity contribution is -0.0925. The van der Waals surface area contributed by atoms with E-state index >= 15 is 0 Å². The van der Waals surface area contributed by atoms with E-state index in [1.54, 1.807) is 18.2 Å². The first-order chi connectivity index (χ1) is 11.3. The Labute approximate surface area is 141 Å². The topological polar surface area (TPSA) is 47.6 Å². The number of nitrogens with two attached hydrogens (primary N) is 1. The van der Waals surface area contributed by atoms with Crippen LogP contribution in [0.25, 0.3) is 0 Å². The van der Waals surface area contributed by atoms with Crippen molar-refractivity contribution < 1.29 is 17.9 Å². The summed E-state index contributed by atoms with van der Waals surface area (Å²) in [5.41, 5.74) is 5.42. The quantitative estimate of drug-likeness (QED) is 0.454. The largest absolute Gasteiger partial charge is 0.504 e. The third-order valence-electron chi connectivity index (χ3n) is 2.48. The van der Waals surface area contributed by atoms with E-state index in [0.717, 1.165) is 11.6 Å². The van der Waals surface area contributed by atoms with Crippen LogP contribution in [0.15, 0.2) is 65.5 Å². The highest BCUT2D eigenvalue weighted by Crippen LogP contribution is 2.22. The molecular formula is C18H23F3N2O. The van der Waals surface area contributed by atoms with Gasteiger partial charge in [0.15, 0.2) is 0 Å². The Balaban J connectivity index is 0.00000254. The number of alkyl halides is 3. The van der Waals surface area contributed by atoms with Gasteiger partial charge in [-0.15, -0.1) is 0 Å². The summed E-state index contributed by atoms with van der Waals surface area (Å²) in [4.78, 5) is 4.17. The predicted molar refractivity (Wildman–Crippen MR) is 93.2 cm³/mol. The minimum absolute atomic E-state index is 0.0844. The molecule has 6 heteroatoms. The zero-order chi connectivity index (χ0) is 18.6. The molecular weight excluding hydrogens is 317 g/mol. The van der Waals surface area contributed by atoms with E-state index in [-0.39, 0.29) is 5.71 Å². The summed E-state index contributed by atoms with van der Waals surface area (Å²) in [6.45, 7) is 5.87. The molecule has 0 atom stereocenters. The van der Waals surface area contributed by atoms with E-state index in [2.05, 4.69) is 4.99 Å². The molecule has 1 aromatic rings. The van der Waals surface area contributed by atoms with Crippen LogP contribution in [0.1, 0.15) is 19.4 Å². The summed E-state index contributed by atoms with van der Waals surface area (Å²) in [5.74, 6) is 0. The van der Waals surface area contributed by atoms with E-state index < -0.39 is 11.9 Å². The number of hydrogen-bond acceptors (Lipinski definition) is 3. The van der Waals surface area contributed by atoms with E-state index in [1.807, 2.05) is 26.8 Å². The van der Waals surface area contributed by atoms with Gasteiger partial charge < -0.3 is 10.5 Å². The minimum atomic E-state index is -4.59. The van der Waals surface area contributed by atoms with Crippen molar-refractivity contribution in [3.05, 3.63) is 66.1 Å². The Bertz CT molecular complexity index is 615. The molecule has 0 fully saturated rings. The van der Waals surface area contributed by atoms with Gasteiger partial charge >= 0.3 is 6.18 Å². The van der Waals surface area contributed by atoms with E-state index in [4.69, 9.17) is 10.5 Å². The number of methoxy groups -OCH3 is 1. The number of allylic oxidation sites excluding steroid dienone is 5. The molecule has 1 aromatic carbocycles. The number of aryl methyl sites for hydroxylation is 1. The molecule has 132 valence electrons. The van der Waals surface area contributed by atoms with Crippen LogP contribution in [0.3, 0.4) is 0 Å². The van der Waals surface area contributed by atoms with Crippen molar-refractivity contribution in [1.29, 1.82) is 0 Å². The number of benzene rings is 1. The summed E-state index contributed by atoms with van der Waals surface area (Å²) < 4.78 is 42.3. The first-order valence-electron chi connectivity index (χ1n) is 7.38. The van der Waals surface area contributed by atoms with E-state index in [9.17, 15) is 13.2 Å². The molecule has 0 bridgehead atoms. The maximum atomic E-state index is 12.5. The summed E-state index contributed by atoms with van der Waals surface area (Å²) in [7, 11) is 1.47. The minimum Gasteiger partial charge on any atom is -0.504 e. The lowest BCUT2D eigenvalue weighted by Gasteiger charge is -2.06. The normalized spacial score (nSPS) is 13.1. The molecule has 0 heterocycles. The second-order valence-corrected chi connectivity index (χ2v) is 4.40. The van der Waals surface area contributed by atoms with Crippen molar-refractivity contribution >= 4 is 11.4 Å². The highest BCUT2D eigenvalue weighted by Gasteiger charge is 2.31. The summed E-state index contributed by atoms with van der Waals surface area (Å²) in [6, 6.07) is 7.10. The second kappa shape index (κ2) is 11.1. The van der Waals surface area contributed by atoms with Gasteiger partial charge in [0, 0.05) is 0 Å². The molecule has 0 aliphatic rings. The zero-order valence-corrected chi connectivity index (χ0v) is 14.3. The number of aliphatic imine (C=N–C) groups is 1. The van der Waals surface area contributed by atoms with Crippen LogP contribution < -0.4 is 5.73 Å². The van der Waals surface area contributed by atoms with Gasteiger partial charge in [0.2, 0.25) is 0 Å². The molecule has 0 saturated carbocycles. The molecule has 0 saturated heterocycles. The van der Waals surface area contributed by atoms with Gasteiger partial charge in [0.1, 0.15) is 5.70 Å². The molecule has 0 radical (unpaired) electrons. The van der Waals surface area contributed by atoms with Gasteiger partial charge in [-0.25, -0.2) is 4.99 Å². The first-order valence-corrected chi connectivity index (χ1v) is 7.38.